The molecule has 22 heavy (non-hydrogen) atoms. The van der Waals surface area contributed by atoms with E-state index in [1.165, 1.54) is 7.11 Å². The van der Waals surface area contributed by atoms with E-state index in [1.54, 1.807) is 6.20 Å². The first-order valence-electron chi connectivity index (χ1n) is 7.52. The summed E-state index contributed by atoms with van der Waals surface area (Å²) >= 11 is 0. The van der Waals surface area contributed by atoms with E-state index >= 15 is 0 Å². The summed E-state index contributed by atoms with van der Waals surface area (Å²) in [5, 5.41) is 5.50. The molecular weight excluding hydrogens is 284 g/mol. The van der Waals surface area contributed by atoms with Crippen LogP contribution in [0.15, 0.2) is 6.20 Å². The van der Waals surface area contributed by atoms with Crippen LogP contribution in [0.4, 0.5) is 4.79 Å². The number of hydrogen-bond acceptors (Lipinski definition) is 4. The van der Waals surface area contributed by atoms with Crippen LogP contribution >= 0.6 is 0 Å². The Morgan fingerprint density at radius 1 is 1.45 bits per heavy atom. The number of hydrogen-bond donors (Lipinski definition) is 3. The summed E-state index contributed by atoms with van der Waals surface area (Å²) in [5.41, 5.74) is 0.927. The van der Waals surface area contributed by atoms with Crippen LogP contribution in [0.1, 0.15) is 38.2 Å². The monoisotopic (exact) mass is 308 g/mol. The maximum absolute atomic E-state index is 12.3. The molecule has 1 saturated carbocycles. The number of aromatic nitrogens is 2. The summed E-state index contributed by atoms with van der Waals surface area (Å²) in [6.45, 7) is 6.23. The molecule has 7 heteroatoms. The number of rotatable bonds is 6. The lowest BCUT2D eigenvalue weighted by atomic mass is 10.0. The molecule has 1 aliphatic carbocycles. The van der Waals surface area contributed by atoms with Gasteiger partial charge in [0.25, 0.3) is 0 Å². The standard InChI is InChI=1S/C15H24N4O3/c1-9(2)11(19-14(21)22-4)12(20)17-8-15(5-6-15)13-16-7-10(3)18-13/h7,9,11H,5-6,8H2,1-4H3,(H,16,18)(H,17,20)(H,19,21)/t11-/m0/s1. The molecule has 1 aliphatic rings. The summed E-state index contributed by atoms with van der Waals surface area (Å²) in [6.07, 6.45) is 3.19. The van der Waals surface area contributed by atoms with Gasteiger partial charge in [0.2, 0.25) is 5.91 Å². The summed E-state index contributed by atoms with van der Waals surface area (Å²) in [7, 11) is 1.28. The Kier molecular flexibility index (Phi) is 4.73. The van der Waals surface area contributed by atoms with Crippen molar-refractivity contribution in [1.29, 1.82) is 0 Å². The lowest BCUT2D eigenvalue weighted by Gasteiger charge is -2.22. The van der Waals surface area contributed by atoms with E-state index in [0.717, 1.165) is 24.4 Å². The third-order valence-corrected chi connectivity index (χ3v) is 4.07. The van der Waals surface area contributed by atoms with Crippen LogP contribution in [-0.2, 0) is 14.9 Å². The van der Waals surface area contributed by atoms with Gasteiger partial charge in [0.05, 0.1) is 7.11 Å². The summed E-state index contributed by atoms with van der Waals surface area (Å²) in [6, 6.07) is -0.610. The number of nitrogens with one attached hydrogen (secondary N) is 3. The van der Waals surface area contributed by atoms with E-state index in [1.807, 2.05) is 20.8 Å². The first kappa shape index (κ1) is 16.3. The number of ether oxygens (including phenoxy) is 1. The topological polar surface area (TPSA) is 96.1 Å². The highest BCUT2D eigenvalue weighted by atomic mass is 16.5. The van der Waals surface area contributed by atoms with Gasteiger partial charge in [-0.25, -0.2) is 9.78 Å². The maximum atomic E-state index is 12.3. The van der Waals surface area contributed by atoms with Crippen LogP contribution in [0.25, 0.3) is 0 Å². The third kappa shape index (κ3) is 3.58. The van der Waals surface area contributed by atoms with Crippen LogP contribution in [0, 0.1) is 12.8 Å². The van der Waals surface area contributed by atoms with E-state index in [2.05, 4.69) is 25.3 Å². The Morgan fingerprint density at radius 2 is 2.14 bits per heavy atom. The van der Waals surface area contributed by atoms with Crippen LogP contribution in [0.5, 0.6) is 0 Å². The van der Waals surface area contributed by atoms with E-state index in [4.69, 9.17) is 0 Å². The number of H-pyrrole nitrogens is 1. The van der Waals surface area contributed by atoms with Crippen molar-refractivity contribution in [3.8, 4) is 0 Å². The molecule has 0 aromatic carbocycles. The molecule has 7 nitrogen and oxygen atoms in total. The number of imidazole rings is 1. The fraction of sp³-hybridized carbons (Fsp3) is 0.667. The van der Waals surface area contributed by atoms with E-state index in [-0.39, 0.29) is 17.2 Å². The molecule has 0 bridgehead atoms. The predicted molar refractivity (Wildman–Crippen MR) is 81.4 cm³/mol. The molecule has 1 heterocycles. The zero-order valence-electron chi connectivity index (χ0n) is 13.5. The van der Waals surface area contributed by atoms with Crippen molar-refractivity contribution in [2.24, 2.45) is 5.92 Å². The SMILES string of the molecule is COC(=O)N[C@H](C(=O)NCC1(c2ncc(C)[nH]2)CC1)C(C)C. The molecule has 0 saturated heterocycles. The molecule has 0 aliphatic heterocycles. The molecule has 1 atom stereocenters. The van der Waals surface area contributed by atoms with Crippen molar-refractivity contribution in [3.63, 3.8) is 0 Å². The van der Waals surface area contributed by atoms with Crippen LogP contribution in [-0.4, -0.2) is 41.7 Å². The van der Waals surface area contributed by atoms with Gasteiger partial charge in [-0.1, -0.05) is 13.8 Å². The number of aromatic amines is 1. The Hall–Kier alpha value is -2.05. The number of alkyl carbamates (subject to hydrolysis) is 1. The molecule has 1 fully saturated rings. The van der Waals surface area contributed by atoms with Gasteiger partial charge in [0.1, 0.15) is 11.9 Å². The second kappa shape index (κ2) is 6.37. The zero-order chi connectivity index (χ0) is 16.3. The van der Waals surface area contributed by atoms with Gasteiger partial charge in [-0.3, -0.25) is 4.79 Å². The zero-order valence-corrected chi connectivity index (χ0v) is 13.5. The first-order chi connectivity index (χ1) is 10.4. The number of nitrogens with zero attached hydrogens (tertiary/aromatic N) is 1. The molecule has 0 unspecified atom stereocenters. The highest BCUT2D eigenvalue weighted by molar-refractivity contribution is 5.85. The molecule has 0 spiro atoms. The maximum Gasteiger partial charge on any atom is 0.407 e. The lowest BCUT2D eigenvalue weighted by Crippen LogP contribution is -2.51. The average Bonchev–Trinajstić information content (AvgIpc) is 3.15. The Labute approximate surface area is 130 Å². The lowest BCUT2D eigenvalue weighted by molar-refractivity contribution is -0.124. The van der Waals surface area contributed by atoms with Crippen LogP contribution in [0.2, 0.25) is 0 Å². The van der Waals surface area contributed by atoms with Gasteiger partial charge in [-0.15, -0.1) is 0 Å². The first-order valence-corrected chi connectivity index (χ1v) is 7.52. The molecule has 3 N–H and O–H groups in total. The summed E-state index contributed by atoms with van der Waals surface area (Å²) in [5.74, 6) is 0.697. The molecule has 0 radical (unpaired) electrons. The van der Waals surface area contributed by atoms with Crippen molar-refractivity contribution >= 4 is 12.0 Å². The number of amides is 2. The van der Waals surface area contributed by atoms with Crippen molar-refractivity contribution in [2.75, 3.05) is 13.7 Å². The summed E-state index contributed by atoms with van der Waals surface area (Å²) in [4.78, 5) is 31.3. The minimum Gasteiger partial charge on any atom is -0.453 e. The summed E-state index contributed by atoms with van der Waals surface area (Å²) < 4.78 is 4.57. The van der Waals surface area contributed by atoms with E-state index in [0.29, 0.717) is 6.54 Å². The van der Waals surface area contributed by atoms with Crippen molar-refractivity contribution in [1.82, 2.24) is 20.6 Å². The van der Waals surface area contributed by atoms with Gasteiger partial charge in [0, 0.05) is 23.9 Å². The highest BCUT2D eigenvalue weighted by Crippen LogP contribution is 2.46. The van der Waals surface area contributed by atoms with Gasteiger partial charge in [0.15, 0.2) is 0 Å². The van der Waals surface area contributed by atoms with Crippen LogP contribution in [0.3, 0.4) is 0 Å². The predicted octanol–water partition coefficient (Wildman–Crippen LogP) is 1.25. The van der Waals surface area contributed by atoms with Gasteiger partial charge < -0.3 is 20.4 Å². The molecule has 2 rings (SSSR count). The quantitative estimate of drug-likeness (QED) is 0.737. The molecule has 1 aromatic rings. The molecule has 122 valence electrons. The Bertz CT molecular complexity index is 549. The van der Waals surface area contributed by atoms with Crippen molar-refractivity contribution < 1.29 is 14.3 Å². The van der Waals surface area contributed by atoms with E-state index in [9.17, 15) is 9.59 Å². The van der Waals surface area contributed by atoms with Gasteiger partial charge in [-0.2, -0.15) is 0 Å². The molecule has 2 amide bonds. The second-order valence-electron chi connectivity index (χ2n) is 6.27. The minimum atomic E-state index is -0.610. The number of methoxy groups -OCH3 is 1. The van der Waals surface area contributed by atoms with Gasteiger partial charge in [-0.05, 0) is 25.7 Å². The number of aryl methyl sites for hydroxylation is 1. The normalized spacial score (nSPS) is 17.0. The second-order valence-corrected chi connectivity index (χ2v) is 6.27. The molecular formula is C15H24N4O3. The number of carbonyl (C=O) groups is 2. The Morgan fingerprint density at radius 3 is 2.59 bits per heavy atom. The third-order valence-electron chi connectivity index (χ3n) is 4.07. The Balaban J connectivity index is 1.95. The fourth-order valence-electron chi connectivity index (χ4n) is 2.42. The van der Waals surface area contributed by atoms with Crippen LogP contribution < -0.4 is 10.6 Å². The molecule has 1 aromatic heterocycles. The fourth-order valence-corrected chi connectivity index (χ4v) is 2.42. The minimum absolute atomic E-state index is 0.0277. The largest absolute Gasteiger partial charge is 0.453 e. The smallest absolute Gasteiger partial charge is 0.407 e. The van der Waals surface area contributed by atoms with Gasteiger partial charge >= 0.3 is 6.09 Å². The van der Waals surface area contributed by atoms with Crippen molar-refractivity contribution in [3.05, 3.63) is 17.7 Å². The van der Waals surface area contributed by atoms with Crippen molar-refractivity contribution in [2.45, 2.75) is 45.1 Å². The van der Waals surface area contributed by atoms with E-state index < -0.39 is 12.1 Å². The average molecular weight is 308 g/mol. The number of carbonyl (C=O) groups excluding carboxylic acids is 2. The highest BCUT2D eigenvalue weighted by Gasteiger charge is 2.47.